The molecule has 0 bridgehead atoms. The van der Waals surface area contributed by atoms with Gasteiger partial charge in [0.2, 0.25) is 0 Å². The lowest BCUT2D eigenvalue weighted by Gasteiger charge is -2.07. The summed E-state index contributed by atoms with van der Waals surface area (Å²) in [5, 5.41) is 0. The van der Waals surface area contributed by atoms with Crippen molar-refractivity contribution in [1.29, 1.82) is 0 Å². The molecule has 2 rings (SSSR count). The fourth-order valence-corrected chi connectivity index (χ4v) is 1.79. The predicted molar refractivity (Wildman–Crippen MR) is 69.7 cm³/mol. The lowest BCUT2D eigenvalue weighted by Crippen LogP contribution is -2.02. The molecule has 3 nitrogen and oxygen atoms in total. The van der Waals surface area contributed by atoms with Gasteiger partial charge in [0.05, 0.1) is 19.8 Å². The van der Waals surface area contributed by atoms with Crippen molar-refractivity contribution >= 4 is 5.97 Å². The average molecular weight is 260 g/mol. The molecular weight excluding hydrogens is 247 g/mol. The summed E-state index contributed by atoms with van der Waals surface area (Å²) >= 11 is 0. The molecule has 0 unspecified atom stereocenters. The topological polar surface area (TPSA) is 35.5 Å². The van der Waals surface area contributed by atoms with E-state index in [1.807, 2.05) is 6.07 Å². The van der Waals surface area contributed by atoms with Crippen LogP contribution in [0.5, 0.6) is 5.75 Å². The van der Waals surface area contributed by atoms with Crippen LogP contribution in [-0.2, 0) is 4.74 Å². The summed E-state index contributed by atoms with van der Waals surface area (Å²) in [5.41, 5.74) is 1.55. The molecule has 0 amide bonds. The summed E-state index contributed by atoms with van der Waals surface area (Å²) in [6.07, 6.45) is 0. The van der Waals surface area contributed by atoms with Crippen molar-refractivity contribution in [3.8, 4) is 16.9 Å². The first kappa shape index (κ1) is 13.1. The highest BCUT2D eigenvalue weighted by Gasteiger charge is 2.10. The summed E-state index contributed by atoms with van der Waals surface area (Å²) in [4.78, 5) is 11.5. The maximum atomic E-state index is 13.6. The van der Waals surface area contributed by atoms with E-state index in [4.69, 9.17) is 4.74 Å². The molecule has 0 saturated carbocycles. The Morgan fingerprint density at radius 1 is 1.05 bits per heavy atom. The molecule has 0 saturated heterocycles. The van der Waals surface area contributed by atoms with Gasteiger partial charge in [0, 0.05) is 0 Å². The van der Waals surface area contributed by atoms with E-state index in [9.17, 15) is 9.18 Å². The third-order valence-electron chi connectivity index (χ3n) is 2.72. The van der Waals surface area contributed by atoms with Crippen molar-refractivity contribution < 1.29 is 18.7 Å². The number of rotatable bonds is 3. The third-order valence-corrected chi connectivity index (χ3v) is 2.72. The van der Waals surface area contributed by atoms with E-state index < -0.39 is 11.8 Å². The van der Waals surface area contributed by atoms with E-state index in [0.29, 0.717) is 11.3 Å². The van der Waals surface area contributed by atoms with Gasteiger partial charge in [-0.15, -0.1) is 0 Å². The molecule has 0 aliphatic heterocycles. The SMILES string of the molecule is COC(=O)c1cc(F)cc(-c2cccc(OC)c2)c1. The van der Waals surface area contributed by atoms with Crippen molar-refractivity contribution in [3.05, 3.63) is 53.8 Å². The Bertz CT molecular complexity index is 608. The summed E-state index contributed by atoms with van der Waals surface area (Å²) < 4.78 is 23.3. The highest BCUT2D eigenvalue weighted by atomic mass is 19.1. The third kappa shape index (κ3) is 2.91. The quantitative estimate of drug-likeness (QED) is 0.794. The molecule has 0 N–H and O–H groups in total. The van der Waals surface area contributed by atoms with Gasteiger partial charge in [-0.05, 0) is 41.5 Å². The van der Waals surface area contributed by atoms with Crippen molar-refractivity contribution in [2.75, 3.05) is 14.2 Å². The Balaban J connectivity index is 2.49. The molecule has 0 fully saturated rings. The van der Waals surface area contributed by atoms with Crippen LogP contribution >= 0.6 is 0 Å². The zero-order valence-electron chi connectivity index (χ0n) is 10.6. The second-order valence-electron chi connectivity index (χ2n) is 3.95. The first-order chi connectivity index (χ1) is 9.13. The maximum absolute atomic E-state index is 13.6. The highest BCUT2D eigenvalue weighted by Crippen LogP contribution is 2.25. The van der Waals surface area contributed by atoms with Gasteiger partial charge in [-0.3, -0.25) is 0 Å². The normalized spacial score (nSPS) is 10.1. The van der Waals surface area contributed by atoms with Crippen molar-refractivity contribution in [1.82, 2.24) is 0 Å². The number of esters is 1. The molecule has 2 aromatic rings. The Morgan fingerprint density at radius 3 is 2.53 bits per heavy atom. The predicted octanol–water partition coefficient (Wildman–Crippen LogP) is 3.29. The van der Waals surface area contributed by atoms with Gasteiger partial charge in [0.15, 0.2) is 0 Å². The first-order valence-corrected chi connectivity index (χ1v) is 5.67. The monoisotopic (exact) mass is 260 g/mol. The van der Waals surface area contributed by atoms with Gasteiger partial charge in [-0.25, -0.2) is 9.18 Å². The molecule has 0 spiro atoms. The molecular formula is C15H13FO3. The zero-order valence-corrected chi connectivity index (χ0v) is 10.6. The Labute approximate surface area is 110 Å². The van der Waals surface area contributed by atoms with Crippen LogP contribution in [0.3, 0.4) is 0 Å². The standard InChI is InChI=1S/C15H13FO3/c1-18-14-5-3-4-10(9-14)11-6-12(15(17)19-2)8-13(16)7-11/h3-9H,1-2H3. The van der Waals surface area contributed by atoms with E-state index >= 15 is 0 Å². The largest absolute Gasteiger partial charge is 0.497 e. The molecule has 4 heteroatoms. The van der Waals surface area contributed by atoms with Gasteiger partial charge in [-0.1, -0.05) is 12.1 Å². The van der Waals surface area contributed by atoms with E-state index in [1.165, 1.54) is 13.2 Å². The minimum atomic E-state index is -0.566. The summed E-state index contributed by atoms with van der Waals surface area (Å²) in [5.74, 6) is -0.384. The van der Waals surface area contributed by atoms with Crippen LogP contribution in [0.1, 0.15) is 10.4 Å². The van der Waals surface area contributed by atoms with E-state index in [1.54, 1.807) is 31.4 Å². The number of hydrogen-bond acceptors (Lipinski definition) is 3. The first-order valence-electron chi connectivity index (χ1n) is 5.67. The number of carbonyl (C=O) groups is 1. The van der Waals surface area contributed by atoms with Crippen LogP contribution in [0.15, 0.2) is 42.5 Å². The highest BCUT2D eigenvalue weighted by molar-refractivity contribution is 5.91. The van der Waals surface area contributed by atoms with Crippen molar-refractivity contribution in [2.45, 2.75) is 0 Å². The Kier molecular flexibility index (Phi) is 3.80. The molecule has 0 atom stereocenters. The maximum Gasteiger partial charge on any atom is 0.337 e. The van der Waals surface area contributed by atoms with Crippen molar-refractivity contribution in [3.63, 3.8) is 0 Å². The summed E-state index contributed by atoms with van der Waals surface area (Å²) in [7, 11) is 2.82. The number of methoxy groups -OCH3 is 2. The number of hydrogen-bond donors (Lipinski definition) is 0. The van der Waals surface area contributed by atoms with Crippen molar-refractivity contribution in [2.24, 2.45) is 0 Å². The molecule has 0 aliphatic rings. The number of halogens is 1. The molecule has 0 aromatic heterocycles. The molecule has 98 valence electrons. The zero-order chi connectivity index (χ0) is 13.8. The minimum absolute atomic E-state index is 0.181. The smallest absolute Gasteiger partial charge is 0.337 e. The fraction of sp³-hybridized carbons (Fsp3) is 0.133. The fourth-order valence-electron chi connectivity index (χ4n) is 1.79. The second-order valence-corrected chi connectivity index (χ2v) is 3.95. The summed E-state index contributed by atoms with van der Waals surface area (Å²) in [6, 6.07) is 11.3. The van der Waals surface area contributed by atoms with Crippen LogP contribution in [0.25, 0.3) is 11.1 Å². The lowest BCUT2D eigenvalue weighted by molar-refractivity contribution is 0.0600. The Morgan fingerprint density at radius 2 is 1.84 bits per heavy atom. The van der Waals surface area contributed by atoms with Gasteiger partial charge >= 0.3 is 5.97 Å². The van der Waals surface area contributed by atoms with Crippen LogP contribution in [-0.4, -0.2) is 20.2 Å². The molecule has 2 aromatic carbocycles. The number of ether oxygens (including phenoxy) is 2. The minimum Gasteiger partial charge on any atom is -0.497 e. The average Bonchev–Trinajstić information content (AvgIpc) is 2.45. The molecule has 0 heterocycles. The summed E-state index contributed by atoms with van der Waals surface area (Å²) in [6.45, 7) is 0. The van der Waals surface area contributed by atoms with Gasteiger partial charge in [0.25, 0.3) is 0 Å². The number of carbonyl (C=O) groups excluding carboxylic acids is 1. The van der Waals surface area contributed by atoms with E-state index in [2.05, 4.69) is 4.74 Å². The van der Waals surface area contributed by atoms with Crippen LogP contribution in [0.4, 0.5) is 4.39 Å². The lowest BCUT2D eigenvalue weighted by atomic mass is 10.0. The molecule has 19 heavy (non-hydrogen) atoms. The molecule has 0 aliphatic carbocycles. The van der Waals surface area contributed by atoms with E-state index in [-0.39, 0.29) is 5.56 Å². The van der Waals surface area contributed by atoms with Gasteiger partial charge < -0.3 is 9.47 Å². The van der Waals surface area contributed by atoms with Crippen LogP contribution in [0, 0.1) is 5.82 Å². The van der Waals surface area contributed by atoms with Gasteiger partial charge in [-0.2, -0.15) is 0 Å². The van der Waals surface area contributed by atoms with Gasteiger partial charge in [0.1, 0.15) is 11.6 Å². The Hall–Kier alpha value is -2.36. The molecule has 0 radical (unpaired) electrons. The number of benzene rings is 2. The van der Waals surface area contributed by atoms with Crippen LogP contribution < -0.4 is 4.74 Å². The van der Waals surface area contributed by atoms with Crippen LogP contribution in [0.2, 0.25) is 0 Å². The second kappa shape index (κ2) is 5.52. The van der Waals surface area contributed by atoms with E-state index in [0.717, 1.165) is 11.6 Å².